The van der Waals surface area contributed by atoms with Crippen LogP contribution in [0.5, 0.6) is 0 Å². The highest BCUT2D eigenvalue weighted by atomic mass is 32.2. The largest absolute Gasteiger partial charge is 0.465 e. The quantitative estimate of drug-likeness (QED) is 0.479. The number of rotatable bonds is 4. The average Bonchev–Trinajstić information content (AvgIpc) is 3.39. The highest BCUT2D eigenvalue weighted by Crippen LogP contribution is 2.42. The fraction of sp³-hybridized carbons (Fsp3) is 0.522. The molecule has 31 heavy (non-hydrogen) atoms. The average molecular weight is 445 g/mol. The number of aromatic nitrogens is 2. The van der Waals surface area contributed by atoms with Gasteiger partial charge in [0.1, 0.15) is 0 Å². The zero-order chi connectivity index (χ0) is 21.8. The predicted molar refractivity (Wildman–Crippen MR) is 126 cm³/mol. The van der Waals surface area contributed by atoms with Crippen molar-refractivity contribution in [3.63, 3.8) is 0 Å². The van der Waals surface area contributed by atoms with Crippen molar-refractivity contribution < 1.29 is 14.6 Å². The van der Waals surface area contributed by atoms with Crippen molar-refractivity contribution in [1.82, 2.24) is 15.5 Å². The maximum absolute atomic E-state index is 9.70. The van der Waals surface area contributed by atoms with Gasteiger partial charge in [-0.3, -0.25) is 5.10 Å². The molecule has 7 nitrogen and oxygen atoms in total. The molecule has 2 atom stereocenters. The summed E-state index contributed by atoms with van der Waals surface area (Å²) < 4.78 is 5.71. The van der Waals surface area contributed by atoms with E-state index in [1.54, 1.807) is 19.4 Å². The first kappa shape index (κ1) is 21.9. The first-order valence-electron chi connectivity index (χ1n) is 11.1. The number of ether oxygens (including phenoxy) is 1. The van der Waals surface area contributed by atoms with Gasteiger partial charge in [0.15, 0.2) is 5.82 Å². The molecule has 0 radical (unpaired) electrons. The Hall–Kier alpha value is -2.32. The van der Waals surface area contributed by atoms with E-state index in [-0.39, 0.29) is 12.1 Å². The van der Waals surface area contributed by atoms with Crippen LogP contribution in [0.4, 0.5) is 16.3 Å². The third-order valence-corrected chi connectivity index (χ3v) is 8.29. The number of benzene rings is 1. The van der Waals surface area contributed by atoms with E-state index in [4.69, 9.17) is 9.84 Å². The second kappa shape index (κ2) is 9.87. The lowest BCUT2D eigenvalue weighted by molar-refractivity contribution is 0.108. The van der Waals surface area contributed by atoms with Crippen LogP contribution in [0.15, 0.2) is 24.3 Å². The van der Waals surface area contributed by atoms with Crippen molar-refractivity contribution in [2.45, 2.75) is 69.6 Å². The number of carbonyl (C=O) groups is 1. The molecular formula is C23H32N4O3S. The molecule has 0 bridgehead atoms. The number of H-pyrrole nitrogens is 1. The molecule has 2 aliphatic heterocycles. The zero-order valence-electron chi connectivity index (χ0n) is 18.2. The van der Waals surface area contributed by atoms with Gasteiger partial charge in [-0.15, -0.1) is 0 Å². The van der Waals surface area contributed by atoms with Crippen molar-refractivity contribution in [2.24, 2.45) is 0 Å². The molecule has 1 saturated heterocycles. The minimum atomic E-state index is -0.963. The number of hydrogen-bond donors (Lipinski definition) is 4. The molecule has 2 unspecified atom stereocenters. The third-order valence-electron chi connectivity index (χ3n) is 5.74. The van der Waals surface area contributed by atoms with E-state index in [2.05, 4.69) is 45.1 Å². The molecule has 0 spiro atoms. The molecule has 1 aromatic carbocycles. The van der Waals surface area contributed by atoms with Gasteiger partial charge in [0.25, 0.3) is 0 Å². The highest BCUT2D eigenvalue weighted by Gasteiger charge is 2.22. The monoisotopic (exact) mass is 444 g/mol. The van der Waals surface area contributed by atoms with E-state index in [1.807, 2.05) is 4.86 Å². The molecule has 3 heterocycles. The first-order chi connectivity index (χ1) is 15.0. The van der Waals surface area contributed by atoms with Gasteiger partial charge in [0, 0.05) is 35.9 Å². The van der Waals surface area contributed by atoms with Crippen LogP contribution in [0.2, 0.25) is 0 Å². The van der Waals surface area contributed by atoms with Crippen molar-refractivity contribution >= 4 is 32.9 Å². The Kier molecular flexibility index (Phi) is 6.97. The Morgan fingerprint density at radius 3 is 2.65 bits per heavy atom. The van der Waals surface area contributed by atoms with Gasteiger partial charge < -0.3 is 20.5 Å². The maximum atomic E-state index is 9.70. The van der Waals surface area contributed by atoms with Crippen LogP contribution in [0.1, 0.15) is 68.9 Å². The SMILES string of the molecule is CC(C)NC(=O)O.c1cc2c(cc1Nc1cc(C3CCCO3)[nH]n1)CS(=C1CCC1)C2. The van der Waals surface area contributed by atoms with Gasteiger partial charge in [0.2, 0.25) is 0 Å². The van der Waals surface area contributed by atoms with Crippen LogP contribution in [-0.2, 0) is 16.2 Å². The molecule has 8 heteroatoms. The van der Waals surface area contributed by atoms with Gasteiger partial charge >= 0.3 is 6.09 Å². The van der Waals surface area contributed by atoms with E-state index >= 15 is 0 Å². The number of amides is 1. The molecule has 2 aromatic rings. The molecular weight excluding hydrogens is 412 g/mol. The van der Waals surface area contributed by atoms with Crippen LogP contribution >= 0.6 is 10.5 Å². The Labute approximate surface area is 185 Å². The highest BCUT2D eigenvalue weighted by molar-refractivity contribution is 8.14. The van der Waals surface area contributed by atoms with E-state index < -0.39 is 6.09 Å². The van der Waals surface area contributed by atoms with Crippen molar-refractivity contribution in [3.8, 4) is 0 Å². The minimum Gasteiger partial charge on any atom is -0.465 e. The number of fused-ring (bicyclic) bond motifs is 1. The number of anilines is 2. The van der Waals surface area contributed by atoms with Gasteiger partial charge in [-0.25, -0.2) is 4.79 Å². The predicted octanol–water partition coefficient (Wildman–Crippen LogP) is 5.31. The fourth-order valence-electron chi connectivity index (χ4n) is 4.00. The van der Waals surface area contributed by atoms with E-state index in [0.29, 0.717) is 10.5 Å². The van der Waals surface area contributed by atoms with Crippen molar-refractivity contribution in [2.75, 3.05) is 11.9 Å². The third kappa shape index (κ3) is 5.68. The summed E-state index contributed by atoms with van der Waals surface area (Å²) in [4.78, 5) is 11.5. The Balaban J connectivity index is 0.000000289. The van der Waals surface area contributed by atoms with Gasteiger partial charge in [0.05, 0.1) is 11.8 Å². The van der Waals surface area contributed by atoms with E-state index in [0.717, 1.165) is 36.6 Å². The van der Waals surface area contributed by atoms with Gasteiger partial charge in [-0.05, 0) is 74.1 Å². The maximum Gasteiger partial charge on any atom is 0.404 e. The summed E-state index contributed by atoms with van der Waals surface area (Å²) in [7, 11) is 0.516. The summed E-state index contributed by atoms with van der Waals surface area (Å²) in [6.45, 7) is 4.40. The number of nitrogens with zero attached hydrogens (tertiary/aromatic N) is 1. The smallest absolute Gasteiger partial charge is 0.404 e. The molecule has 5 rings (SSSR count). The summed E-state index contributed by atoms with van der Waals surface area (Å²) in [6.07, 6.45) is 5.61. The standard InChI is InChI=1S/C19H23N3OS.C4H9NO2/c1-3-16(4-1)24-11-13-6-7-15(9-14(13)12-24)20-19-10-17(21-22-19)18-5-2-8-23-18;1-3(2)5-4(6)7/h6-7,9-10,18H,1-5,8,11-12H2,(H2,20,21,22);3,5H,1-2H3,(H,6,7). The lowest BCUT2D eigenvalue weighted by Gasteiger charge is -2.20. The number of aromatic amines is 1. The Bertz CT molecular complexity index is 957. The summed E-state index contributed by atoms with van der Waals surface area (Å²) >= 11 is 0. The molecule has 3 aliphatic rings. The molecule has 1 aromatic heterocycles. The number of hydrogen-bond acceptors (Lipinski definition) is 4. The summed E-state index contributed by atoms with van der Waals surface area (Å²) in [5, 5.41) is 21.2. The Morgan fingerprint density at radius 2 is 2.03 bits per heavy atom. The molecule has 4 N–H and O–H groups in total. The van der Waals surface area contributed by atoms with Crippen LogP contribution in [0.25, 0.3) is 0 Å². The minimum absolute atomic E-state index is 0.0255. The normalized spacial score (nSPS) is 21.8. The zero-order valence-corrected chi connectivity index (χ0v) is 19.1. The lowest BCUT2D eigenvalue weighted by Crippen LogP contribution is -2.27. The topological polar surface area (TPSA) is 99.3 Å². The van der Waals surface area contributed by atoms with Crippen LogP contribution < -0.4 is 10.6 Å². The molecule has 1 amide bonds. The number of nitrogens with one attached hydrogen (secondary N) is 3. The summed E-state index contributed by atoms with van der Waals surface area (Å²) in [5.41, 5.74) is 5.30. The van der Waals surface area contributed by atoms with Crippen LogP contribution in [0.3, 0.4) is 0 Å². The molecule has 2 fully saturated rings. The van der Waals surface area contributed by atoms with E-state index in [1.165, 1.54) is 36.3 Å². The molecule has 1 saturated carbocycles. The van der Waals surface area contributed by atoms with E-state index in [9.17, 15) is 4.79 Å². The second-order valence-corrected chi connectivity index (χ2v) is 10.7. The van der Waals surface area contributed by atoms with Crippen LogP contribution in [-0.4, -0.2) is 38.9 Å². The summed E-state index contributed by atoms with van der Waals surface area (Å²) in [5.74, 6) is 3.41. The Morgan fingerprint density at radius 1 is 1.23 bits per heavy atom. The first-order valence-corrected chi connectivity index (χ1v) is 12.6. The van der Waals surface area contributed by atoms with Gasteiger partial charge in [-0.1, -0.05) is 6.07 Å². The lowest BCUT2D eigenvalue weighted by atomic mass is 10.0. The fourth-order valence-corrected chi connectivity index (χ4v) is 6.68. The number of carboxylic acid groups (broad SMARTS) is 1. The summed E-state index contributed by atoms with van der Waals surface area (Å²) in [6, 6.07) is 8.92. The molecule has 1 aliphatic carbocycles. The van der Waals surface area contributed by atoms with Crippen molar-refractivity contribution in [1.29, 1.82) is 0 Å². The second-order valence-electron chi connectivity index (χ2n) is 8.60. The van der Waals surface area contributed by atoms with Crippen molar-refractivity contribution in [3.05, 3.63) is 41.1 Å². The van der Waals surface area contributed by atoms with Crippen LogP contribution in [0, 0.1) is 0 Å². The molecule has 168 valence electrons. The van der Waals surface area contributed by atoms with Gasteiger partial charge in [-0.2, -0.15) is 15.6 Å².